The van der Waals surface area contributed by atoms with Gasteiger partial charge in [0, 0.05) is 24.5 Å². The van der Waals surface area contributed by atoms with Gasteiger partial charge < -0.3 is 15.2 Å². The number of carboxylic acids is 1. The molecule has 1 aromatic carbocycles. The van der Waals surface area contributed by atoms with Crippen LogP contribution < -0.4 is 10.7 Å². The predicted octanol–water partition coefficient (Wildman–Crippen LogP) is 0.0717. The van der Waals surface area contributed by atoms with Gasteiger partial charge in [-0.2, -0.15) is 0 Å². The summed E-state index contributed by atoms with van der Waals surface area (Å²) in [6, 6.07) is 5.56. The molecule has 3 N–H and O–H groups in total. The van der Waals surface area contributed by atoms with E-state index in [1.54, 1.807) is 24.3 Å². The largest absolute Gasteiger partial charge is 0.481 e. The Labute approximate surface area is 205 Å². The summed E-state index contributed by atoms with van der Waals surface area (Å²) in [5, 5.41) is 15.1. The summed E-state index contributed by atoms with van der Waals surface area (Å²) in [6.07, 6.45) is 1.54. The van der Waals surface area contributed by atoms with Crippen LogP contribution in [0.5, 0.6) is 0 Å². The molecule has 2 aromatic rings. The van der Waals surface area contributed by atoms with Crippen LogP contribution in [-0.2, 0) is 19.2 Å². The number of pyridine rings is 1. The van der Waals surface area contributed by atoms with Crippen molar-refractivity contribution in [1.82, 2.24) is 30.8 Å². The number of hydrogen-bond acceptors (Lipinski definition) is 7. The Morgan fingerprint density at radius 1 is 1.19 bits per heavy atom. The van der Waals surface area contributed by atoms with Gasteiger partial charge in [-0.1, -0.05) is 18.2 Å². The summed E-state index contributed by atoms with van der Waals surface area (Å²) in [5.74, 6) is -3.09. The van der Waals surface area contributed by atoms with Crippen molar-refractivity contribution in [2.75, 3.05) is 13.1 Å². The minimum Gasteiger partial charge on any atom is -0.481 e. The Hall–Kier alpha value is -4.55. The first-order valence-corrected chi connectivity index (χ1v) is 11.3. The van der Waals surface area contributed by atoms with Gasteiger partial charge in [0.15, 0.2) is 0 Å². The number of nitrogens with one attached hydrogen (secondary N) is 2. The van der Waals surface area contributed by atoms with E-state index < -0.39 is 48.2 Å². The van der Waals surface area contributed by atoms with Gasteiger partial charge in [0.05, 0.1) is 30.1 Å². The number of amides is 5. The lowest BCUT2D eigenvalue weighted by Gasteiger charge is -2.42. The number of hydrogen-bond donors (Lipinski definition) is 3. The Morgan fingerprint density at radius 3 is 2.72 bits per heavy atom. The zero-order chi connectivity index (χ0) is 25.8. The number of rotatable bonds is 7. The molecule has 0 aliphatic carbocycles. The lowest BCUT2D eigenvalue weighted by molar-refractivity contribution is -0.155. The summed E-state index contributed by atoms with van der Waals surface area (Å²) in [4.78, 5) is 78.5. The number of aliphatic carboxylic acids is 1. The third-order valence-electron chi connectivity index (χ3n) is 5.95. The van der Waals surface area contributed by atoms with Gasteiger partial charge in [0.25, 0.3) is 5.91 Å². The van der Waals surface area contributed by atoms with Crippen LogP contribution in [0.15, 0.2) is 36.5 Å². The Balaban J connectivity index is 1.54. The first-order valence-electron chi connectivity index (χ1n) is 11.3. The average molecular weight is 496 g/mol. The van der Waals surface area contributed by atoms with Crippen molar-refractivity contribution in [3.8, 4) is 0 Å². The number of para-hydroxylation sites is 1. The van der Waals surface area contributed by atoms with Gasteiger partial charge in [0.2, 0.25) is 11.8 Å². The molecule has 188 valence electrons. The number of carboxylic acid groups (broad SMARTS) is 1. The van der Waals surface area contributed by atoms with Crippen molar-refractivity contribution in [2.24, 2.45) is 0 Å². The van der Waals surface area contributed by atoms with E-state index in [4.69, 9.17) is 5.11 Å². The minimum absolute atomic E-state index is 0.0944. The van der Waals surface area contributed by atoms with Crippen molar-refractivity contribution in [2.45, 2.75) is 37.8 Å². The number of hydrazine groups is 2. The zero-order valence-corrected chi connectivity index (χ0v) is 19.1. The van der Waals surface area contributed by atoms with Crippen molar-refractivity contribution in [1.29, 1.82) is 0 Å². The smallest absolute Gasteiger partial charge is 0.358 e. The molecule has 0 bridgehead atoms. The SMILES string of the molecule is O=CC(CC(=O)O)NC(=O)C1CCCN2C(=O)CCN(NC(=O)c3cnc4ccccc4c3)C(=O)N12. The number of nitrogens with zero attached hydrogens (tertiary/aromatic N) is 4. The Morgan fingerprint density at radius 2 is 1.97 bits per heavy atom. The first-order chi connectivity index (χ1) is 17.3. The number of benzene rings is 1. The van der Waals surface area contributed by atoms with Crippen LogP contribution in [0.25, 0.3) is 10.9 Å². The predicted molar refractivity (Wildman–Crippen MR) is 123 cm³/mol. The molecule has 1 aromatic heterocycles. The first kappa shape index (κ1) is 24.6. The van der Waals surface area contributed by atoms with Gasteiger partial charge in [-0.15, -0.1) is 0 Å². The van der Waals surface area contributed by atoms with E-state index in [-0.39, 0.29) is 31.5 Å². The van der Waals surface area contributed by atoms with Crippen molar-refractivity contribution in [3.05, 3.63) is 42.1 Å². The van der Waals surface area contributed by atoms with Gasteiger partial charge >= 0.3 is 12.0 Å². The van der Waals surface area contributed by atoms with Crippen LogP contribution in [0, 0.1) is 0 Å². The fraction of sp³-hybridized carbons (Fsp3) is 0.348. The maximum absolute atomic E-state index is 13.4. The lowest BCUT2D eigenvalue weighted by atomic mass is 10.1. The Kier molecular flexibility index (Phi) is 7.08. The quantitative estimate of drug-likeness (QED) is 0.452. The number of carbonyl (C=O) groups is 6. The second-order valence-electron chi connectivity index (χ2n) is 8.41. The molecule has 2 unspecified atom stereocenters. The number of urea groups is 1. The van der Waals surface area contributed by atoms with Crippen LogP contribution in [0.1, 0.15) is 36.0 Å². The maximum Gasteiger partial charge on any atom is 0.358 e. The van der Waals surface area contributed by atoms with Gasteiger partial charge in [-0.3, -0.25) is 29.6 Å². The van der Waals surface area contributed by atoms with Gasteiger partial charge in [-0.25, -0.2) is 19.8 Å². The fourth-order valence-corrected chi connectivity index (χ4v) is 4.20. The molecule has 2 fully saturated rings. The van der Waals surface area contributed by atoms with E-state index in [0.717, 1.165) is 20.4 Å². The minimum atomic E-state index is -1.29. The summed E-state index contributed by atoms with van der Waals surface area (Å²) < 4.78 is 0. The molecule has 0 saturated carbocycles. The lowest BCUT2D eigenvalue weighted by Crippen LogP contribution is -2.64. The van der Waals surface area contributed by atoms with Crippen LogP contribution in [-0.4, -0.2) is 86.3 Å². The maximum atomic E-state index is 13.4. The standard InChI is InChI=1S/C23H24N6O7/c30-13-16(11-20(32)33)25-22(35)18-6-3-8-28-19(31)7-9-27(23(36)29(18)28)26-21(34)15-10-14-4-1-2-5-17(14)24-12-15/h1-2,4-5,10,12-13,16,18H,3,6-9,11H2,(H,25,35)(H,26,34)(H,32,33). The van der Waals surface area contributed by atoms with E-state index in [1.807, 2.05) is 6.07 Å². The summed E-state index contributed by atoms with van der Waals surface area (Å²) in [7, 11) is 0. The molecule has 2 saturated heterocycles. The van der Waals surface area contributed by atoms with E-state index in [0.29, 0.717) is 18.2 Å². The molecule has 2 atom stereocenters. The molecule has 0 radical (unpaired) electrons. The van der Waals surface area contributed by atoms with Crippen molar-refractivity contribution < 1.29 is 33.9 Å². The van der Waals surface area contributed by atoms with Crippen LogP contribution >= 0.6 is 0 Å². The molecule has 5 amide bonds. The number of carbonyl (C=O) groups excluding carboxylic acids is 5. The molecular formula is C23H24N6O7. The number of aromatic nitrogens is 1. The molecule has 2 aliphatic rings. The third-order valence-corrected chi connectivity index (χ3v) is 5.95. The highest BCUT2D eigenvalue weighted by atomic mass is 16.4. The molecule has 13 nitrogen and oxygen atoms in total. The number of fused-ring (bicyclic) bond motifs is 2. The molecule has 0 spiro atoms. The van der Waals surface area contributed by atoms with Crippen molar-refractivity contribution in [3.63, 3.8) is 0 Å². The van der Waals surface area contributed by atoms with Crippen LogP contribution in [0.4, 0.5) is 4.79 Å². The highest BCUT2D eigenvalue weighted by molar-refractivity contribution is 5.99. The normalized spacial score (nSPS) is 18.8. The van der Waals surface area contributed by atoms with Crippen LogP contribution in [0.3, 0.4) is 0 Å². The van der Waals surface area contributed by atoms with E-state index in [1.165, 1.54) is 6.20 Å². The third kappa shape index (κ3) is 5.09. The van der Waals surface area contributed by atoms with Gasteiger partial charge in [0.1, 0.15) is 12.3 Å². The Bertz CT molecular complexity index is 1230. The number of aldehydes is 1. The van der Waals surface area contributed by atoms with Gasteiger partial charge in [-0.05, 0) is 25.0 Å². The van der Waals surface area contributed by atoms with E-state index >= 15 is 0 Å². The molecule has 4 rings (SSSR count). The fourth-order valence-electron chi connectivity index (χ4n) is 4.20. The zero-order valence-electron chi connectivity index (χ0n) is 19.1. The summed E-state index contributed by atoms with van der Waals surface area (Å²) >= 11 is 0. The van der Waals surface area contributed by atoms with E-state index in [2.05, 4.69) is 15.7 Å². The molecule has 13 heteroatoms. The molecule has 36 heavy (non-hydrogen) atoms. The molecular weight excluding hydrogens is 472 g/mol. The average Bonchev–Trinajstić information content (AvgIpc) is 2.99. The topological polar surface area (TPSA) is 169 Å². The second kappa shape index (κ2) is 10.4. The van der Waals surface area contributed by atoms with Crippen molar-refractivity contribution >= 4 is 46.9 Å². The van der Waals surface area contributed by atoms with Crippen LogP contribution in [0.2, 0.25) is 0 Å². The monoisotopic (exact) mass is 496 g/mol. The highest BCUT2D eigenvalue weighted by Gasteiger charge is 2.44. The summed E-state index contributed by atoms with van der Waals surface area (Å²) in [5.41, 5.74) is 3.39. The molecule has 3 heterocycles. The second-order valence-corrected chi connectivity index (χ2v) is 8.41. The summed E-state index contributed by atoms with van der Waals surface area (Å²) in [6.45, 7) is 0.0682. The highest BCUT2D eigenvalue weighted by Crippen LogP contribution is 2.24. The van der Waals surface area contributed by atoms with E-state index in [9.17, 15) is 28.8 Å². The molecule has 2 aliphatic heterocycles.